The Bertz CT molecular complexity index is 353. The maximum atomic E-state index is 5.18. The lowest BCUT2D eigenvalue weighted by molar-refractivity contribution is 0.142. The minimum absolute atomic E-state index is 0.463. The lowest BCUT2D eigenvalue weighted by Gasteiger charge is -2.37. The number of furan rings is 1. The first-order valence-electron chi connectivity index (χ1n) is 8.14. The molecule has 1 aromatic heterocycles. The molecule has 3 nitrogen and oxygen atoms in total. The van der Waals surface area contributed by atoms with Crippen molar-refractivity contribution in [1.82, 2.24) is 10.2 Å². The summed E-state index contributed by atoms with van der Waals surface area (Å²) in [4.78, 5) is 2.47. The van der Waals surface area contributed by atoms with Crippen molar-refractivity contribution in [2.45, 2.75) is 52.0 Å². The van der Waals surface area contributed by atoms with E-state index in [2.05, 4.69) is 30.3 Å². The molecule has 0 aliphatic heterocycles. The molecule has 1 aliphatic rings. The summed E-state index contributed by atoms with van der Waals surface area (Å²) in [5.74, 6) is 0. The van der Waals surface area contributed by atoms with Crippen LogP contribution in [0.1, 0.15) is 51.0 Å². The lowest BCUT2D eigenvalue weighted by Crippen LogP contribution is -2.42. The zero-order valence-electron chi connectivity index (χ0n) is 13.2. The zero-order valence-corrected chi connectivity index (χ0v) is 13.2. The number of hydrogen-bond acceptors (Lipinski definition) is 3. The summed E-state index contributed by atoms with van der Waals surface area (Å²) in [7, 11) is 2.24. The Morgan fingerprint density at radius 1 is 1.25 bits per heavy atom. The number of nitrogens with one attached hydrogen (secondary N) is 1. The Balaban J connectivity index is 1.94. The van der Waals surface area contributed by atoms with Crippen LogP contribution in [0.15, 0.2) is 23.0 Å². The second kappa shape index (κ2) is 7.84. The molecule has 1 fully saturated rings. The topological polar surface area (TPSA) is 28.4 Å². The molecule has 1 N–H and O–H groups in total. The third-order valence-electron chi connectivity index (χ3n) is 4.55. The van der Waals surface area contributed by atoms with E-state index in [1.54, 1.807) is 6.26 Å². The fourth-order valence-electron chi connectivity index (χ4n) is 3.58. The van der Waals surface area contributed by atoms with Crippen molar-refractivity contribution in [3.8, 4) is 0 Å². The summed E-state index contributed by atoms with van der Waals surface area (Å²) in [6, 6.07) is 2.07. The molecule has 0 amide bonds. The van der Waals surface area contributed by atoms with Gasteiger partial charge in [-0.15, -0.1) is 0 Å². The summed E-state index contributed by atoms with van der Waals surface area (Å²) >= 11 is 0. The molecule has 1 aliphatic carbocycles. The summed E-state index contributed by atoms with van der Waals surface area (Å²) in [5.41, 5.74) is 1.74. The SMILES string of the molecule is CCNCC1(CN(C)Cc2ccoc2)CCCCCC1. The highest BCUT2D eigenvalue weighted by atomic mass is 16.3. The van der Waals surface area contributed by atoms with Crippen LogP contribution in [-0.2, 0) is 6.54 Å². The Morgan fingerprint density at radius 3 is 2.60 bits per heavy atom. The van der Waals surface area contributed by atoms with Crippen molar-refractivity contribution in [3.63, 3.8) is 0 Å². The second-order valence-corrected chi connectivity index (χ2v) is 6.50. The van der Waals surface area contributed by atoms with Gasteiger partial charge in [-0.3, -0.25) is 0 Å². The molecule has 2 rings (SSSR count). The van der Waals surface area contributed by atoms with Crippen LogP contribution < -0.4 is 5.32 Å². The molecule has 0 radical (unpaired) electrons. The van der Waals surface area contributed by atoms with Gasteiger partial charge in [0.2, 0.25) is 0 Å². The van der Waals surface area contributed by atoms with Crippen LogP contribution in [0.4, 0.5) is 0 Å². The van der Waals surface area contributed by atoms with Crippen LogP contribution in [0, 0.1) is 5.41 Å². The van der Waals surface area contributed by atoms with Crippen molar-refractivity contribution in [3.05, 3.63) is 24.2 Å². The van der Waals surface area contributed by atoms with Crippen LogP contribution in [-0.4, -0.2) is 31.6 Å². The van der Waals surface area contributed by atoms with Gasteiger partial charge in [0.1, 0.15) is 0 Å². The minimum Gasteiger partial charge on any atom is -0.472 e. The van der Waals surface area contributed by atoms with Crippen LogP contribution >= 0.6 is 0 Å². The number of rotatable bonds is 7. The minimum atomic E-state index is 0.463. The van der Waals surface area contributed by atoms with Gasteiger partial charge in [-0.25, -0.2) is 0 Å². The molecule has 1 saturated carbocycles. The highest BCUT2D eigenvalue weighted by Gasteiger charge is 2.31. The molecule has 0 spiro atoms. The van der Waals surface area contributed by atoms with E-state index in [-0.39, 0.29) is 0 Å². The van der Waals surface area contributed by atoms with Gasteiger partial charge in [0.15, 0.2) is 0 Å². The van der Waals surface area contributed by atoms with E-state index in [0.717, 1.165) is 13.1 Å². The highest BCUT2D eigenvalue weighted by molar-refractivity contribution is 5.05. The third-order valence-corrected chi connectivity index (χ3v) is 4.55. The van der Waals surface area contributed by atoms with Crippen molar-refractivity contribution in [1.29, 1.82) is 0 Å². The molecule has 1 aromatic rings. The number of nitrogens with zero attached hydrogens (tertiary/aromatic N) is 1. The average Bonchev–Trinajstić information content (AvgIpc) is 2.82. The fourth-order valence-corrected chi connectivity index (χ4v) is 3.58. The first-order chi connectivity index (χ1) is 9.74. The Hall–Kier alpha value is -0.800. The summed E-state index contributed by atoms with van der Waals surface area (Å²) in [6.07, 6.45) is 12.0. The predicted molar refractivity (Wildman–Crippen MR) is 83.7 cm³/mol. The molecule has 1 heterocycles. The lowest BCUT2D eigenvalue weighted by atomic mass is 9.79. The van der Waals surface area contributed by atoms with E-state index in [1.165, 1.54) is 57.2 Å². The maximum Gasteiger partial charge on any atom is 0.0947 e. The zero-order chi connectivity index (χ0) is 14.3. The van der Waals surface area contributed by atoms with E-state index < -0.39 is 0 Å². The normalized spacial score (nSPS) is 19.1. The maximum absolute atomic E-state index is 5.18. The van der Waals surface area contributed by atoms with E-state index in [0.29, 0.717) is 5.41 Å². The van der Waals surface area contributed by atoms with Crippen molar-refractivity contribution >= 4 is 0 Å². The standard InChI is InChI=1S/C17H30N2O/c1-3-18-14-17(9-6-4-5-7-10-17)15-19(2)12-16-8-11-20-13-16/h8,11,13,18H,3-7,9-10,12,14-15H2,1-2H3. The Kier molecular flexibility index (Phi) is 6.11. The van der Waals surface area contributed by atoms with Gasteiger partial charge in [0, 0.05) is 25.2 Å². The summed E-state index contributed by atoms with van der Waals surface area (Å²) in [6.45, 7) is 6.63. The van der Waals surface area contributed by atoms with Gasteiger partial charge >= 0.3 is 0 Å². The van der Waals surface area contributed by atoms with Crippen molar-refractivity contribution in [2.75, 3.05) is 26.7 Å². The Morgan fingerprint density at radius 2 is 2.00 bits per heavy atom. The molecule has 0 bridgehead atoms. The molecule has 0 aromatic carbocycles. The molecular weight excluding hydrogens is 248 g/mol. The van der Waals surface area contributed by atoms with Gasteiger partial charge in [-0.05, 0) is 37.9 Å². The largest absolute Gasteiger partial charge is 0.472 e. The summed E-state index contributed by atoms with van der Waals surface area (Å²) < 4.78 is 5.18. The monoisotopic (exact) mass is 278 g/mol. The van der Waals surface area contributed by atoms with Crippen LogP contribution in [0.3, 0.4) is 0 Å². The first kappa shape index (κ1) is 15.6. The van der Waals surface area contributed by atoms with Gasteiger partial charge in [0.05, 0.1) is 12.5 Å². The van der Waals surface area contributed by atoms with Crippen molar-refractivity contribution in [2.24, 2.45) is 5.41 Å². The molecule has 0 unspecified atom stereocenters. The second-order valence-electron chi connectivity index (χ2n) is 6.50. The van der Waals surface area contributed by atoms with Gasteiger partial charge in [-0.1, -0.05) is 32.6 Å². The third kappa shape index (κ3) is 4.64. The molecule has 0 saturated heterocycles. The van der Waals surface area contributed by atoms with Crippen LogP contribution in [0.5, 0.6) is 0 Å². The summed E-state index contributed by atoms with van der Waals surface area (Å²) in [5, 5.41) is 3.61. The van der Waals surface area contributed by atoms with Crippen LogP contribution in [0.25, 0.3) is 0 Å². The van der Waals surface area contributed by atoms with E-state index in [4.69, 9.17) is 4.42 Å². The van der Waals surface area contributed by atoms with E-state index >= 15 is 0 Å². The molecular formula is C17H30N2O. The van der Waals surface area contributed by atoms with Crippen molar-refractivity contribution < 1.29 is 4.42 Å². The van der Waals surface area contributed by atoms with Gasteiger partial charge in [0.25, 0.3) is 0 Å². The van der Waals surface area contributed by atoms with E-state index in [9.17, 15) is 0 Å². The smallest absolute Gasteiger partial charge is 0.0947 e. The van der Waals surface area contributed by atoms with Gasteiger partial charge in [-0.2, -0.15) is 0 Å². The Labute approximate surface area is 123 Å². The quantitative estimate of drug-likeness (QED) is 0.772. The molecule has 0 atom stereocenters. The molecule has 3 heteroatoms. The van der Waals surface area contributed by atoms with Crippen LogP contribution in [0.2, 0.25) is 0 Å². The average molecular weight is 278 g/mol. The van der Waals surface area contributed by atoms with E-state index in [1.807, 2.05) is 6.26 Å². The number of hydrogen-bond donors (Lipinski definition) is 1. The molecule has 20 heavy (non-hydrogen) atoms. The predicted octanol–water partition coefficient (Wildman–Crippen LogP) is 3.66. The first-order valence-corrected chi connectivity index (χ1v) is 8.14. The fraction of sp³-hybridized carbons (Fsp3) is 0.765. The highest BCUT2D eigenvalue weighted by Crippen LogP contribution is 2.35. The van der Waals surface area contributed by atoms with Gasteiger partial charge < -0.3 is 14.6 Å². The molecule has 114 valence electrons.